The Kier molecular flexibility index (Phi) is 5.94. The molecule has 0 aliphatic carbocycles. The van der Waals surface area contributed by atoms with Gasteiger partial charge in [-0.15, -0.1) is 0 Å². The molecule has 0 radical (unpaired) electrons. The number of hydrogen-bond donors (Lipinski definition) is 1. The highest BCUT2D eigenvalue weighted by Gasteiger charge is 2.10. The number of nitrogens with one attached hydrogen (secondary N) is 1. The SMILES string of the molecule is CCc1ccc(CNC(=O)c2ccc(Cn3c(=O)c(C)nc4ccccc43)cc2)cc1. The third-order valence-corrected chi connectivity index (χ3v) is 5.46. The van der Waals surface area contributed by atoms with Gasteiger partial charge in [0.25, 0.3) is 11.5 Å². The minimum absolute atomic E-state index is 0.102. The molecule has 1 heterocycles. The van der Waals surface area contributed by atoms with Gasteiger partial charge in [-0.3, -0.25) is 9.59 Å². The molecule has 4 rings (SSSR count). The number of aromatic nitrogens is 2. The number of rotatable bonds is 6. The summed E-state index contributed by atoms with van der Waals surface area (Å²) in [5.41, 5.74) is 5.86. The Labute approximate surface area is 181 Å². The van der Waals surface area contributed by atoms with Gasteiger partial charge in [0, 0.05) is 12.1 Å². The number of para-hydroxylation sites is 2. The van der Waals surface area contributed by atoms with E-state index in [2.05, 4.69) is 29.4 Å². The molecule has 0 saturated heterocycles. The van der Waals surface area contributed by atoms with Crippen molar-refractivity contribution in [2.45, 2.75) is 33.4 Å². The van der Waals surface area contributed by atoms with Gasteiger partial charge in [-0.2, -0.15) is 0 Å². The summed E-state index contributed by atoms with van der Waals surface area (Å²) in [5.74, 6) is -0.117. The summed E-state index contributed by atoms with van der Waals surface area (Å²) in [6, 6.07) is 23.3. The Morgan fingerprint density at radius 2 is 1.55 bits per heavy atom. The normalized spacial score (nSPS) is 10.9. The van der Waals surface area contributed by atoms with E-state index < -0.39 is 0 Å². The van der Waals surface area contributed by atoms with Crippen molar-refractivity contribution in [3.05, 3.63) is 111 Å². The van der Waals surface area contributed by atoms with Crippen LogP contribution in [0.3, 0.4) is 0 Å². The number of aryl methyl sites for hydroxylation is 2. The molecule has 4 aromatic rings. The van der Waals surface area contributed by atoms with Crippen LogP contribution in [0, 0.1) is 6.92 Å². The second-order valence-corrected chi connectivity index (χ2v) is 7.63. The van der Waals surface area contributed by atoms with Crippen LogP contribution in [0.15, 0.2) is 77.6 Å². The molecule has 0 fully saturated rings. The van der Waals surface area contributed by atoms with Gasteiger partial charge in [-0.25, -0.2) is 4.98 Å². The standard InChI is InChI=1S/C26H25N3O2/c1-3-19-8-10-20(11-9-19)16-27-25(30)22-14-12-21(13-15-22)17-29-24-7-5-4-6-23(24)28-18(2)26(29)31/h4-15H,3,16-17H2,1-2H3,(H,27,30). The molecule has 3 aromatic carbocycles. The van der Waals surface area contributed by atoms with E-state index in [1.807, 2.05) is 48.5 Å². The predicted molar refractivity (Wildman–Crippen MR) is 123 cm³/mol. The van der Waals surface area contributed by atoms with Crippen molar-refractivity contribution in [3.63, 3.8) is 0 Å². The minimum Gasteiger partial charge on any atom is -0.348 e. The van der Waals surface area contributed by atoms with Crippen LogP contribution in [0.2, 0.25) is 0 Å². The van der Waals surface area contributed by atoms with Gasteiger partial charge in [0.15, 0.2) is 0 Å². The van der Waals surface area contributed by atoms with Crippen LogP contribution in [0.1, 0.15) is 39.7 Å². The first-order valence-electron chi connectivity index (χ1n) is 10.5. The lowest BCUT2D eigenvalue weighted by Gasteiger charge is -2.12. The Bertz CT molecular complexity index is 1270. The van der Waals surface area contributed by atoms with Crippen molar-refractivity contribution in [1.29, 1.82) is 0 Å². The van der Waals surface area contributed by atoms with Crippen molar-refractivity contribution in [2.75, 3.05) is 0 Å². The quantitative estimate of drug-likeness (QED) is 0.516. The van der Waals surface area contributed by atoms with E-state index in [0.717, 1.165) is 28.6 Å². The van der Waals surface area contributed by atoms with Gasteiger partial charge >= 0.3 is 0 Å². The molecule has 156 valence electrons. The molecular formula is C26H25N3O2. The molecule has 31 heavy (non-hydrogen) atoms. The number of carbonyl (C=O) groups excluding carboxylic acids is 1. The summed E-state index contributed by atoms with van der Waals surface area (Å²) in [6.45, 7) is 4.76. The molecule has 0 unspecified atom stereocenters. The summed E-state index contributed by atoms with van der Waals surface area (Å²) < 4.78 is 1.73. The summed E-state index contributed by atoms with van der Waals surface area (Å²) in [6.07, 6.45) is 1.000. The summed E-state index contributed by atoms with van der Waals surface area (Å²) in [7, 11) is 0. The summed E-state index contributed by atoms with van der Waals surface area (Å²) in [4.78, 5) is 29.6. The third-order valence-electron chi connectivity index (χ3n) is 5.46. The van der Waals surface area contributed by atoms with Crippen molar-refractivity contribution in [1.82, 2.24) is 14.9 Å². The van der Waals surface area contributed by atoms with Gasteiger partial charge in [0.2, 0.25) is 0 Å². The molecular weight excluding hydrogens is 386 g/mol. The Hall–Kier alpha value is -3.73. The zero-order valence-electron chi connectivity index (χ0n) is 17.8. The predicted octanol–water partition coefficient (Wildman–Crippen LogP) is 4.25. The Morgan fingerprint density at radius 1 is 0.903 bits per heavy atom. The topological polar surface area (TPSA) is 64.0 Å². The average Bonchev–Trinajstić information content (AvgIpc) is 2.81. The Balaban J connectivity index is 1.47. The average molecular weight is 412 g/mol. The lowest BCUT2D eigenvalue weighted by atomic mass is 10.1. The van der Waals surface area contributed by atoms with E-state index >= 15 is 0 Å². The fourth-order valence-electron chi connectivity index (χ4n) is 3.60. The van der Waals surface area contributed by atoms with Gasteiger partial charge in [-0.05, 0) is 54.3 Å². The minimum atomic E-state index is -0.117. The number of nitrogens with zero attached hydrogens (tertiary/aromatic N) is 2. The number of hydrogen-bond acceptors (Lipinski definition) is 3. The van der Waals surface area contributed by atoms with Gasteiger partial charge < -0.3 is 9.88 Å². The van der Waals surface area contributed by atoms with Crippen molar-refractivity contribution < 1.29 is 4.79 Å². The number of benzene rings is 3. The van der Waals surface area contributed by atoms with Crippen molar-refractivity contribution in [3.8, 4) is 0 Å². The molecule has 1 aromatic heterocycles. The molecule has 0 bridgehead atoms. The molecule has 0 saturated carbocycles. The molecule has 1 amide bonds. The van der Waals surface area contributed by atoms with Crippen LogP contribution in [-0.4, -0.2) is 15.5 Å². The lowest BCUT2D eigenvalue weighted by molar-refractivity contribution is 0.0951. The fraction of sp³-hybridized carbons (Fsp3) is 0.192. The van der Waals surface area contributed by atoms with E-state index in [0.29, 0.717) is 24.3 Å². The van der Waals surface area contributed by atoms with Crippen LogP contribution in [-0.2, 0) is 19.5 Å². The van der Waals surface area contributed by atoms with Crippen molar-refractivity contribution in [2.24, 2.45) is 0 Å². The molecule has 1 N–H and O–H groups in total. The molecule has 5 heteroatoms. The highest BCUT2D eigenvalue weighted by atomic mass is 16.1. The number of amides is 1. The fourth-order valence-corrected chi connectivity index (χ4v) is 3.60. The summed E-state index contributed by atoms with van der Waals surface area (Å²) in [5, 5.41) is 2.96. The first kappa shape index (κ1) is 20.5. The lowest BCUT2D eigenvalue weighted by Crippen LogP contribution is -2.25. The number of carbonyl (C=O) groups is 1. The smallest absolute Gasteiger partial charge is 0.272 e. The van der Waals surface area contributed by atoms with Crippen LogP contribution in [0.4, 0.5) is 0 Å². The zero-order valence-corrected chi connectivity index (χ0v) is 17.8. The monoisotopic (exact) mass is 411 g/mol. The molecule has 0 atom stereocenters. The highest BCUT2D eigenvalue weighted by molar-refractivity contribution is 5.94. The maximum atomic E-state index is 12.7. The first-order valence-corrected chi connectivity index (χ1v) is 10.5. The molecule has 0 aliphatic heterocycles. The highest BCUT2D eigenvalue weighted by Crippen LogP contribution is 2.13. The molecule has 0 spiro atoms. The zero-order chi connectivity index (χ0) is 21.8. The van der Waals surface area contributed by atoms with Crippen LogP contribution < -0.4 is 10.9 Å². The first-order chi connectivity index (χ1) is 15.0. The van der Waals surface area contributed by atoms with Crippen LogP contribution in [0.25, 0.3) is 11.0 Å². The summed E-state index contributed by atoms with van der Waals surface area (Å²) >= 11 is 0. The van der Waals surface area contributed by atoms with Gasteiger partial charge in [0.1, 0.15) is 5.69 Å². The van der Waals surface area contributed by atoms with E-state index in [1.54, 1.807) is 23.6 Å². The van der Waals surface area contributed by atoms with E-state index in [9.17, 15) is 9.59 Å². The maximum absolute atomic E-state index is 12.7. The van der Waals surface area contributed by atoms with E-state index in [1.165, 1.54) is 5.56 Å². The van der Waals surface area contributed by atoms with Crippen LogP contribution in [0.5, 0.6) is 0 Å². The maximum Gasteiger partial charge on any atom is 0.272 e. The number of fused-ring (bicyclic) bond motifs is 1. The largest absolute Gasteiger partial charge is 0.348 e. The van der Waals surface area contributed by atoms with E-state index in [-0.39, 0.29) is 11.5 Å². The van der Waals surface area contributed by atoms with Crippen molar-refractivity contribution >= 4 is 16.9 Å². The van der Waals surface area contributed by atoms with E-state index in [4.69, 9.17) is 0 Å². The Morgan fingerprint density at radius 3 is 2.26 bits per heavy atom. The molecule has 5 nitrogen and oxygen atoms in total. The second-order valence-electron chi connectivity index (χ2n) is 7.63. The van der Waals surface area contributed by atoms with Gasteiger partial charge in [0.05, 0.1) is 17.6 Å². The second kappa shape index (κ2) is 8.96. The van der Waals surface area contributed by atoms with Crippen LogP contribution >= 0.6 is 0 Å². The third kappa shape index (κ3) is 4.56. The van der Waals surface area contributed by atoms with Gasteiger partial charge in [-0.1, -0.05) is 55.5 Å². The molecule has 0 aliphatic rings.